The molecule has 2 aliphatic rings. The molecule has 0 aliphatic carbocycles. The zero-order valence-electron chi connectivity index (χ0n) is 11.9. The highest BCUT2D eigenvalue weighted by Gasteiger charge is 2.15. The van der Waals surface area contributed by atoms with Crippen LogP contribution in [0.15, 0.2) is 4.99 Å². The van der Waals surface area contributed by atoms with E-state index in [0.29, 0.717) is 5.96 Å². The Morgan fingerprint density at radius 3 is 2.47 bits per heavy atom. The molecule has 0 radical (unpaired) electrons. The Morgan fingerprint density at radius 2 is 1.84 bits per heavy atom. The molecule has 0 aromatic heterocycles. The van der Waals surface area contributed by atoms with Gasteiger partial charge in [0.15, 0.2) is 5.96 Å². The monoisotopic (exact) mass is 382 g/mol. The maximum absolute atomic E-state index is 5.99. The Hall–Kier alpha value is -0.0800. The number of aliphatic imine (C=N–C) groups is 1. The number of piperidine rings is 1. The molecule has 2 rings (SSSR count). The van der Waals surface area contributed by atoms with Crippen molar-refractivity contribution in [1.82, 2.24) is 9.80 Å². The first-order valence-corrected chi connectivity index (χ1v) is 7.10. The number of guanidine groups is 1. The third-order valence-electron chi connectivity index (χ3n) is 3.90. The second-order valence-electron chi connectivity index (χ2n) is 5.36. The van der Waals surface area contributed by atoms with Crippen LogP contribution in [0.5, 0.6) is 0 Å². The normalized spacial score (nSPS) is 23.2. The summed E-state index contributed by atoms with van der Waals surface area (Å²) in [5, 5.41) is 0. The molecule has 0 spiro atoms. The number of ether oxygens (including phenoxy) is 1. The molecule has 0 saturated carbocycles. The molecule has 6 heteroatoms. The number of halogens is 1. The van der Waals surface area contributed by atoms with Crippen LogP contribution >= 0.6 is 24.0 Å². The van der Waals surface area contributed by atoms with Crippen LogP contribution in [-0.2, 0) is 4.74 Å². The first-order valence-electron chi connectivity index (χ1n) is 7.10. The highest BCUT2D eigenvalue weighted by Crippen LogP contribution is 2.15. The van der Waals surface area contributed by atoms with E-state index in [-0.39, 0.29) is 24.0 Å². The Balaban J connectivity index is 0.00000180. The minimum Gasteiger partial charge on any atom is -0.378 e. The number of nitrogens with two attached hydrogens (primary N) is 1. The molecule has 2 N–H and O–H groups in total. The lowest BCUT2D eigenvalue weighted by atomic mass is 9.99. The SMILES string of the molecule is CC1CCN(CCN=C(N)N2CCOCC2)CC1.I. The van der Waals surface area contributed by atoms with E-state index in [2.05, 4.69) is 21.7 Å². The van der Waals surface area contributed by atoms with Crippen molar-refractivity contribution in [3.63, 3.8) is 0 Å². The smallest absolute Gasteiger partial charge is 0.191 e. The van der Waals surface area contributed by atoms with Crippen LogP contribution in [0, 0.1) is 5.92 Å². The van der Waals surface area contributed by atoms with Crippen LogP contribution in [0.1, 0.15) is 19.8 Å². The van der Waals surface area contributed by atoms with Gasteiger partial charge in [-0.05, 0) is 31.8 Å². The number of hydrogen-bond acceptors (Lipinski definition) is 3. The first kappa shape index (κ1) is 17.0. The average molecular weight is 382 g/mol. The molecule has 19 heavy (non-hydrogen) atoms. The largest absolute Gasteiger partial charge is 0.378 e. The molecule has 2 fully saturated rings. The van der Waals surface area contributed by atoms with Crippen molar-refractivity contribution in [3.05, 3.63) is 0 Å². The van der Waals surface area contributed by atoms with Crippen molar-refractivity contribution >= 4 is 29.9 Å². The van der Waals surface area contributed by atoms with Crippen molar-refractivity contribution in [2.24, 2.45) is 16.6 Å². The fourth-order valence-corrected chi connectivity index (χ4v) is 2.48. The van der Waals surface area contributed by atoms with Crippen molar-refractivity contribution in [2.45, 2.75) is 19.8 Å². The van der Waals surface area contributed by atoms with Crippen molar-refractivity contribution in [3.8, 4) is 0 Å². The molecule has 2 saturated heterocycles. The molecule has 112 valence electrons. The summed E-state index contributed by atoms with van der Waals surface area (Å²) in [6.45, 7) is 9.90. The van der Waals surface area contributed by atoms with Gasteiger partial charge in [0, 0.05) is 19.6 Å². The molecule has 2 aliphatic heterocycles. The van der Waals surface area contributed by atoms with E-state index >= 15 is 0 Å². The van der Waals surface area contributed by atoms with E-state index in [4.69, 9.17) is 10.5 Å². The Labute approximate surface area is 133 Å². The minimum atomic E-state index is 0. The first-order chi connectivity index (χ1) is 8.75. The summed E-state index contributed by atoms with van der Waals surface area (Å²) in [4.78, 5) is 9.09. The van der Waals surface area contributed by atoms with Gasteiger partial charge < -0.3 is 20.3 Å². The van der Waals surface area contributed by atoms with E-state index in [1.807, 2.05) is 0 Å². The van der Waals surface area contributed by atoms with E-state index in [0.717, 1.165) is 45.3 Å². The maximum Gasteiger partial charge on any atom is 0.191 e. The standard InChI is InChI=1S/C13H26N4O.HI/c1-12-2-5-16(6-3-12)7-4-15-13(14)17-8-10-18-11-9-17;/h12H,2-11H2,1H3,(H2,14,15);1H. The summed E-state index contributed by atoms with van der Waals surface area (Å²) in [7, 11) is 0. The van der Waals surface area contributed by atoms with Gasteiger partial charge in [-0.15, -0.1) is 24.0 Å². The summed E-state index contributed by atoms with van der Waals surface area (Å²) >= 11 is 0. The quantitative estimate of drug-likeness (QED) is 0.449. The van der Waals surface area contributed by atoms with Gasteiger partial charge in [-0.25, -0.2) is 0 Å². The number of hydrogen-bond donors (Lipinski definition) is 1. The average Bonchev–Trinajstić information content (AvgIpc) is 2.42. The van der Waals surface area contributed by atoms with E-state index in [1.165, 1.54) is 25.9 Å². The predicted octanol–water partition coefficient (Wildman–Crippen LogP) is 0.983. The zero-order valence-corrected chi connectivity index (χ0v) is 14.2. The van der Waals surface area contributed by atoms with E-state index < -0.39 is 0 Å². The van der Waals surface area contributed by atoms with Gasteiger partial charge in [0.2, 0.25) is 0 Å². The van der Waals surface area contributed by atoms with E-state index in [1.54, 1.807) is 0 Å². The highest BCUT2D eigenvalue weighted by atomic mass is 127. The lowest BCUT2D eigenvalue weighted by Gasteiger charge is -2.30. The summed E-state index contributed by atoms with van der Waals surface area (Å²) < 4.78 is 5.30. The molecule has 0 atom stereocenters. The van der Waals surface area contributed by atoms with Crippen LogP contribution in [0.2, 0.25) is 0 Å². The molecule has 0 aromatic carbocycles. The van der Waals surface area contributed by atoms with Crippen LogP contribution < -0.4 is 5.73 Å². The Bertz CT molecular complexity index is 274. The minimum absolute atomic E-state index is 0. The number of nitrogens with zero attached hydrogens (tertiary/aromatic N) is 3. The summed E-state index contributed by atoms with van der Waals surface area (Å²) in [5.74, 6) is 1.58. The van der Waals surface area contributed by atoms with Gasteiger partial charge in [0.1, 0.15) is 0 Å². The van der Waals surface area contributed by atoms with E-state index in [9.17, 15) is 0 Å². The zero-order chi connectivity index (χ0) is 12.8. The fourth-order valence-electron chi connectivity index (χ4n) is 2.48. The van der Waals surface area contributed by atoms with Gasteiger partial charge in [0.05, 0.1) is 19.8 Å². The van der Waals surface area contributed by atoms with Crippen molar-refractivity contribution < 1.29 is 4.74 Å². The third-order valence-corrected chi connectivity index (χ3v) is 3.90. The topological polar surface area (TPSA) is 54.1 Å². The highest BCUT2D eigenvalue weighted by molar-refractivity contribution is 14.0. The van der Waals surface area contributed by atoms with Crippen LogP contribution in [0.3, 0.4) is 0 Å². The molecule has 0 unspecified atom stereocenters. The fraction of sp³-hybridized carbons (Fsp3) is 0.923. The molecular weight excluding hydrogens is 355 g/mol. The molecular formula is C13H27IN4O. The van der Waals surface area contributed by atoms with Gasteiger partial charge >= 0.3 is 0 Å². The summed E-state index contributed by atoms with van der Waals surface area (Å²) in [6.07, 6.45) is 2.64. The second-order valence-corrected chi connectivity index (χ2v) is 5.36. The molecule has 5 nitrogen and oxygen atoms in total. The molecule has 0 bridgehead atoms. The molecule has 0 amide bonds. The lowest BCUT2D eigenvalue weighted by molar-refractivity contribution is 0.0674. The lowest BCUT2D eigenvalue weighted by Crippen LogP contribution is -2.45. The molecule has 2 heterocycles. The van der Waals surface area contributed by atoms with Gasteiger partial charge in [-0.3, -0.25) is 4.99 Å². The maximum atomic E-state index is 5.99. The number of likely N-dealkylation sites (tertiary alicyclic amines) is 1. The van der Waals surface area contributed by atoms with Gasteiger partial charge in [0.25, 0.3) is 0 Å². The second kappa shape index (κ2) is 8.97. The molecule has 0 aromatic rings. The van der Waals surface area contributed by atoms with Crippen molar-refractivity contribution in [1.29, 1.82) is 0 Å². The van der Waals surface area contributed by atoms with Crippen molar-refractivity contribution in [2.75, 3.05) is 52.5 Å². The van der Waals surface area contributed by atoms with Crippen LogP contribution in [-0.4, -0.2) is 68.2 Å². The third kappa shape index (κ3) is 5.83. The number of morpholine rings is 1. The summed E-state index contributed by atoms with van der Waals surface area (Å²) in [5.41, 5.74) is 5.99. The summed E-state index contributed by atoms with van der Waals surface area (Å²) in [6, 6.07) is 0. The van der Waals surface area contributed by atoms with Gasteiger partial charge in [-0.1, -0.05) is 6.92 Å². The Kier molecular flexibility index (Phi) is 8.01. The Morgan fingerprint density at radius 1 is 1.21 bits per heavy atom. The predicted molar refractivity (Wildman–Crippen MR) is 89.1 cm³/mol. The van der Waals surface area contributed by atoms with Gasteiger partial charge in [-0.2, -0.15) is 0 Å². The van der Waals surface area contributed by atoms with Crippen LogP contribution in [0.4, 0.5) is 0 Å². The number of rotatable bonds is 3. The van der Waals surface area contributed by atoms with Crippen LogP contribution in [0.25, 0.3) is 0 Å².